The molecule has 0 aliphatic heterocycles. The van der Waals surface area contributed by atoms with Gasteiger partial charge in [0.2, 0.25) is 0 Å². The average Bonchev–Trinajstić information content (AvgIpc) is 2.65. The number of phenols is 2. The van der Waals surface area contributed by atoms with E-state index in [0.717, 1.165) is 29.5 Å². The monoisotopic (exact) mass is 342 g/mol. The summed E-state index contributed by atoms with van der Waals surface area (Å²) in [5.41, 5.74) is 4.43. The van der Waals surface area contributed by atoms with Crippen molar-refractivity contribution >= 4 is 5.57 Å². The van der Waals surface area contributed by atoms with Crippen LogP contribution in [0.5, 0.6) is 11.5 Å². The van der Waals surface area contributed by atoms with Gasteiger partial charge in [0, 0.05) is 0 Å². The second kappa shape index (κ2) is 12.2. The Bertz CT molecular complexity index is 627. The molecule has 0 amide bonds. The van der Waals surface area contributed by atoms with Crippen LogP contribution in [0.25, 0.3) is 5.57 Å². The molecule has 25 heavy (non-hydrogen) atoms. The van der Waals surface area contributed by atoms with E-state index in [1.165, 1.54) is 5.56 Å². The zero-order valence-corrected chi connectivity index (χ0v) is 16.6. The molecule has 0 saturated carbocycles. The summed E-state index contributed by atoms with van der Waals surface area (Å²) in [6.07, 6.45) is 2.09. The van der Waals surface area contributed by atoms with Gasteiger partial charge in [-0.25, -0.2) is 0 Å². The third kappa shape index (κ3) is 7.93. The molecule has 0 spiro atoms. The van der Waals surface area contributed by atoms with Crippen LogP contribution in [0.1, 0.15) is 70.1 Å². The van der Waals surface area contributed by atoms with Crippen LogP contribution in [-0.4, -0.2) is 10.2 Å². The molecule has 0 bridgehead atoms. The van der Waals surface area contributed by atoms with Crippen molar-refractivity contribution in [2.24, 2.45) is 0 Å². The first-order chi connectivity index (χ1) is 11.9. The van der Waals surface area contributed by atoms with Crippen molar-refractivity contribution in [2.75, 3.05) is 0 Å². The van der Waals surface area contributed by atoms with Gasteiger partial charge < -0.3 is 10.2 Å². The van der Waals surface area contributed by atoms with Crippen molar-refractivity contribution < 1.29 is 10.2 Å². The number of rotatable bonds is 4. The van der Waals surface area contributed by atoms with Gasteiger partial charge in [0.05, 0.1) is 0 Å². The number of phenolic OH excluding ortho intramolecular Hbond substituents is 2. The lowest BCUT2D eigenvalue weighted by Crippen LogP contribution is -1.89. The molecule has 0 fully saturated rings. The van der Waals surface area contributed by atoms with Crippen molar-refractivity contribution in [3.8, 4) is 11.5 Å². The zero-order valence-electron chi connectivity index (χ0n) is 16.6. The summed E-state index contributed by atoms with van der Waals surface area (Å²) in [5, 5.41) is 18.3. The highest BCUT2D eigenvalue weighted by Gasteiger charge is 2.01. The molecule has 2 heteroatoms. The highest BCUT2D eigenvalue weighted by atomic mass is 16.3. The largest absolute Gasteiger partial charge is 0.508 e. The number of allylic oxidation sites excluding steroid dienone is 1. The van der Waals surface area contributed by atoms with Crippen LogP contribution in [0, 0.1) is 6.92 Å². The highest BCUT2D eigenvalue weighted by Crippen LogP contribution is 2.22. The van der Waals surface area contributed by atoms with Crippen LogP contribution in [0.3, 0.4) is 0 Å². The molecule has 138 valence electrons. The smallest absolute Gasteiger partial charge is 0.118 e. The van der Waals surface area contributed by atoms with E-state index in [9.17, 15) is 5.11 Å². The van der Waals surface area contributed by atoms with Gasteiger partial charge in [-0.3, -0.25) is 0 Å². The predicted molar refractivity (Wildman–Crippen MR) is 110 cm³/mol. The lowest BCUT2D eigenvalue weighted by atomic mass is 9.99. The molecule has 0 saturated heterocycles. The first-order valence-corrected chi connectivity index (χ1v) is 9.15. The molecule has 0 aromatic heterocycles. The molecular weight excluding hydrogens is 308 g/mol. The van der Waals surface area contributed by atoms with Crippen LogP contribution >= 0.6 is 0 Å². The van der Waals surface area contributed by atoms with Gasteiger partial charge in [0.25, 0.3) is 0 Å². The summed E-state index contributed by atoms with van der Waals surface area (Å²) in [6, 6.07) is 13.0. The molecule has 1 unspecified atom stereocenters. The lowest BCUT2D eigenvalue weighted by Gasteiger charge is -2.07. The molecule has 0 aliphatic carbocycles. The van der Waals surface area contributed by atoms with Crippen LogP contribution in [0.2, 0.25) is 0 Å². The molecule has 2 aromatic rings. The van der Waals surface area contributed by atoms with Crippen LogP contribution in [0.4, 0.5) is 0 Å². The minimum atomic E-state index is 0.344. The molecule has 2 N–H and O–H groups in total. The summed E-state index contributed by atoms with van der Waals surface area (Å²) >= 11 is 0. The third-order valence-corrected chi connectivity index (χ3v) is 4.11. The number of aromatic hydroxyl groups is 2. The number of benzene rings is 2. The Morgan fingerprint density at radius 2 is 1.56 bits per heavy atom. The van der Waals surface area contributed by atoms with Gasteiger partial charge in [-0.1, -0.05) is 59.4 Å². The van der Waals surface area contributed by atoms with E-state index in [0.29, 0.717) is 17.4 Å². The SMILES string of the molecule is C=C(CC)c1ccc(O)c(C)c1.CC.CCC(C)c1ccc(O)cc1. The Balaban J connectivity index is 0.000000421. The summed E-state index contributed by atoms with van der Waals surface area (Å²) in [6.45, 7) is 16.2. The zero-order chi connectivity index (χ0) is 19.4. The fourth-order valence-corrected chi connectivity index (χ4v) is 2.12. The molecule has 2 aromatic carbocycles. The van der Waals surface area contributed by atoms with Crippen molar-refractivity contribution in [2.45, 2.75) is 60.3 Å². The van der Waals surface area contributed by atoms with E-state index < -0.39 is 0 Å². The van der Waals surface area contributed by atoms with Crippen LogP contribution in [0.15, 0.2) is 49.0 Å². The Hall–Kier alpha value is -2.22. The highest BCUT2D eigenvalue weighted by molar-refractivity contribution is 5.64. The van der Waals surface area contributed by atoms with E-state index in [1.807, 2.05) is 45.0 Å². The van der Waals surface area contributed by atoms with Gasteiger partial charge in [-0.05, 0) is 72.2 Å². The molecule has 0 heterocycles. The summed E-state index contributed by atoms with van der Waals surface area (Å²) < 4.78 is 0. The Labute approximate surface area is 153 Å². The molecular formula is C23H34O2. The van der Waals surface area contributed by atoms with Crippen molar-refractivity contribution in [1.82, 2.24) is 0 Å². The maximum absolute atomic E-state index is 9.27. The van der Waals surface area contributed by atoms with Gasteiger partial charge >= 0.3 is 0 Å². The number of hydrogen-bond donors (Lipinski definition) is 2. The van der Waals surface area contributed by atoms with Crippen molar-refractivity contribution in [3.05, 3.63) is 65.7 Å². The Morgan fingerprint density at radius 3 is 2.00 bits per heavy atom. The van der Waals surface area contributed by atoms with Gasteiger partial charge in [-0.2, -0.15) is 0 Å². The minimum Gasteiger partial charge on any atom is -0.508 e. The number of hydrogen-bond acceptors (Lipinski definition) is 2. The maximum Gasteiger partial charge on any atom is 0.118 e. The normalized spacial score (nSPS) is 10.6. The van der Waals surface area contributed by atoms with E-state index in [1.54, 1.807) is 18.2 Å². The van der Waals surface area contributed by atoms with Crippen molar-refractivity contribution in [3.63, 3.8) is 0 Å². The molecule has 1 atom stereocenters. The first kappa shape index (κ1) is 22.8. The van der Waals surface area contributed by atoms with Crippen molar-refractivity contribution in [1.29, 1.82) is 0 Å². The fraction of sp³-hybridized carbons (Fsp3) is 0.391. The first-order valence-electron chi connectivity index (χ1n) is 9.15. The quantitative estimate of drug-likeness (QED) is 0.624. The summed E-state index contributed by atoms with van der Waals surface area (Å²) in [7, 11) is 0. The molecule has 0 radical (unpaired) electrons. The van der Waals surface area contributed by atoms with Crippen LogP contribution in [-0.2, 0) is 0 Å². The lowest BCUT2D eigenvalue weighted by molar-refractivity contribution is 0.471. The van der Waals surface area contributed by atoms with Crippen LogP contribution < -0.4 is 0 Å². The molecule has 2 rings (SSSR count). The van der Waals surface area contributed by atoms with E-state index >= 15 is 0 Å². The summed E-state index contributed by atoms with van der Waals surface area (Å²) in [4.78, 5) is 0. The van der Waals surface area contributed by atoms with Gasteiger partial charge in [0.1, 0.15) is 11.5 Å². The standard InChI is InChI=1S/C11H14O.C10H14O.C2H6/c1-4-8(2)10-5-6-11(12)9(3)7-10;1-3-8(2)9-4-6-10(11)7-5-9;1-2/h5-7,12H,2,4H2,1,3H3;4-8,11H,3H2,1-2H3;1-2H3. The van der Waals surface area contributed by atoms with E-state index in [4.69, 9.17) is 5.11 Å². The van der Waals surface area contributed by atoms with E-state index in [-0.39, 0.29) is 0 Å². The van der Waals surface area contributed by atoms with Gasteiger partial charge in [0.15, 0.2) is 0 Å². The second-order valence-corrected chi connectivity index (χ2v) is 5.86. The topological polar surface area (TPSA) is 40.5 Å². The predicted octanol–water partition coefficient (Wildman–Crippen LogP) is 7.06. The second-order valence-electron chi connectivity index (χ2n) is 5.86. The Kier molecular flexibility index (Phi) is 11.1. The fourth-order valence-electron chi connectivity index (χ4n) is 2.12. The molecule has 0 aliphatic rings. The average molecular weight is 343 g/mol. The van der Waals surface area contributed by atoms with Gasteiger partial charge in [-0.15, -0.1) is 0 Å². The number of aryl methyl sites for hydroxylation is 1. The minimum absolute atomic E-state index is 0.344. The van der Waals surface area contributed by atoms with E-state index in [2.05, 4.69) is 27.4 Å². The molecule has 2 nitrogen and oxygen atoms in total. The Morgan fingerprint density at radius 1 is 1.00 bits per heavy atom. The maximum atomic E-state index is 9.27. The summed E-state index contributed by atoms with van der Waals surface area (Å²) in [5.74, 6) is 1.29. The third-order valence-electron chi connectivity index (χ3n) is 4.11.